The maximum Gasteiger partial charge on any atom is 0.260 e. The summed E-state index contributed by atoms with van der Waals surface area (Å²) in [5.74, 6) is 1.28. The summed E-state index contributed by atoms with van der Waals surface area (Å²) in [4.78, 5) is 16.7. The van der Waals surface area contributed by atoms with E-state index in [1.807, 2.05) is 17.9 Å². The molecular formula is C19H31N3O2. The molecule has 1 fully saturated rings. The minimum absolute atomic E-state index is 0.0738. The molecule has 1 saturated heterocycles. The van der Waals surface area contributed by atoms with Crippen LogP contribution in [0, 0.1) is 6.92 Å². The SMILES string of the molecule is Cc1ccc(C(C)C)c(OCC(=O)N2CCN(CCCN)CC2)c1. The summed E-state index contributed by atoms with van der Waals surface area (Å²) < 4.78 is 5.86. The molecule has 0 unspecified atom stereocenters. The van der Waals surface area contributed by atoms with E-state index in [4.69, 9.17) is 10.5 Å². The van der Waals surface area contributed by atoms with Gasteiger partial charge in [-0.1, -0.05) is 26.0 Å². The molecule has 2 rings (SSSR count). The van der Waals surface area contributed by atoms with Gasteiger partial charge in [-0.15, -0.1) is 0 Å². The first-order valence-electron chi connectivity index (χ1n) is 8.94. The average molecular weight is 333 g/mol. The normalized spacial score (nSPS) is 15.8. The molecule has 1 aliphatic heterocycles. The Kier molecular flexibility index (Phi) is 7.06. The number of rotatable bonds is 7. The van der Waals surface area contributed by atoms with Crippen LogP contribution in [-0.2, 0) is 4.79 Å². The molecule has 134 valence electrons. The van der Waals surface area contributed by atoms with Crippen LogP contribution in [0.15, 0.2) is 18.2 Å². The number of carbonyl (C=O) groups excluding carboxylic acids is 1. The molecule has 0 aliphatic carbocycles. The minimum atomic E-state index is 0.0738. The second-order valence-corrected chi connectivity index (χ2v) is 6.85. The van der Waals surface area contributed by atoms with Crippen LogP contribution >= 0.6 is 0 Å². The monoisotopic (exact) mass is 333 g/mol. The summed E-state index contributed by atoms with van der Waals surface area (Å²) >= 11 is 0. The van der Waals surface area contributed by atoms with E-state index in [1.54, 1.807) is 0 Å². The van der Waals surface area contributed by atoms with Gasteiger partial charge < -0.3 is 15.4 Å². The van der Waals surface area contributed by atoms with Crippen LogP contribution in [0.5, 0.6) is 5.75 Å². The third-order valence-corrected chi connectivity index (χ3v) is 4.55. The number of piperazine rings is 1. The van der Waals surface area contributed by atoms with Crippen LogP contribution < -0.4 is 10.5 Å². The van der Waals surface area contributed by atoms with Gasteiger partial charge in [0.2, 0.25) is 0 Å². The molecule has 24 heavy (non-hydrogen) atoms. The van der Waals surface area contributed by atoms with Crippen LogP contribution in [0.2, 0.25) is 0 Å². The van der Waals surface area contributed by atoms with Gasteiger partial charge in [0.05, 0.1) is 0 Å². The van der Waals surface area contributed by atoms with Gasteiger partial charge in [0.1, 0.15) is 5.75 Å². The number of amides is 1. The summed E-state index contributed by atoms with van der Waals surface area (Å²) in [5.41, 5.74) is 7.85. The summed E-state index contributed by atoms with van der Waals surface area (Å²) in [6.45, 7) is 11.6. The molecule has 1 aliphatic rings. The summed E-state index contributed by atoms with van der Waals surface area (Å²) in [7, 11) is 0. The van der Waals surface area contributed by atoms with Crippen molar-refractivity contribution < 1.29 is 9.53 Å². The molecule has 1 aromatic carbocycles. The van der Waals surface area contributed by atoms with Crippen LogP contribution in [0.1, 0.15) is 37.3 Å². The maximum atomic E-state index is 12.4. The third kappa shape index (κ3) is 5.21. The number of aryl methyl sites for hydroxylation is 1. The van der Waals surface area contributed by atoms with Crippen LogP contribution in [0.3, 0.4) is 0 Å². The number of ether oxygens (including phenoxy) is 1. The van der Waals surface area contributed by atoms with Gasteiger partial charge in [-0.25, -0.2) is 0 Å². The van der Waals surface area contributed by atoms with Crippen molar-refractivity contribution in [1.82, 2.24) is 9.80 Å². The summed E-state index contributed by atoms with van der Waals surface area (Å²) in [6, 6.07) is 6.20. The zero-order valence-electron chi connectivity index (χ0n) is 15.3. The highest BCUT2D eigenvalue weighted by Gasteiger charge is 2.21. The quantitative estimate of drug-likeness (QED) is 0.829. The van der Waals surface area contributed by atoms with Crippen molar-refractivity contribution in [2.45, 2.75) is 33.1 Å². The van der Waals surface area contributed by atoms with Crippen molar-refractivity contribution in [3.05, 3.63) is 29.3 Å². The molecule has 1 amide bonds. The highest BCUT2D eigenvalue weighted by atomic mass is 16.5. The van der Waals surface area contributed by atoms with Crippen molar-refractivity contribution >= 4 is 5.91 Å². The Hall–Kier alpha value is -1.59. The van der Waals surface area contributed by atoms with Gasteiger partial charge in [0.25, 0.3) is 5.91 Å². The van der Waals surface area contributed by atoms with Gasteiger partial charge in [0.15, 0.2) is 6.61 Å². The lowest BCUT2D eigenvalue weighted by molar-refractivity contribution is -0.135. The fourth-order valence-electron chi connectivity index (χ4n) is 3.01. The van der Waals surface area contributed by atoms with Crippen LogP contribution in [0.4, 0.5) is 0 Å². The first-order valence-corrected chi connectivity index (χ1v) is 8.94. The zero-order chi connectivity index (χ0) is 17.5. The Balaban J connectivity index is 1.85. The van der Waals surface area contributed by atoms with Gasteiger partial charge in [-0.05, 0) is 49.5 Å². The van der Waals surface area contributed by atoms with E-state index >= 15 is 0 Å². The summed E-state index contributed by atoms with van der Waals surface area (Å²) in [5, 5.41) is 0. The van der Waals surface area contributed by atoms with Crippen LogP contribution in [0.25, 0.3) is 0 Å². The Morgan fingerprint density at radius 1 is 1.25 bits per heavy atom. The predicted octanol–water partition coefficient (Wildman–Crippen LogP) is 1.99. The molecule has 1 heterocycles. The number of nitrogens with two attached hydrogens (primary N) is 1. The van der Waals surface area contributed by atoms with Crippen molar-refractivity contribution in [3.8, 4) is 5.75 Å². The second kappa shape index (κ2) is 9.04. The van der Waals surface area contributed by atoms with Crippen LogP contribution in [-0.4, -0.2) is 61.6 Å². The number of hydrogen-bond donors (Lipinski definition) is 1. The Morgan fingerprint density at radius 3 is 2.58 bits per heavy atom. The van der Waals surface area contributed by atoms with Gasteiger partial charge in [-0.2, -0.15) is 0 Å². The average Bonchev–Trinajstić information content (AvgIpc) is 2.58. The largest absolute Gasteiger partial charge is 0.483 e. The third-order valence-electron chi connectivity index (χ3n) is 4.55. The van der Waals surface area contributed by atoms with E-state index in [0.29, 0.717) is 5.92 Å². The lowest BCUT2D eigenvalue weighted by atomic mass is 10.0. The maximum absolute atomic E-state index is 12.4. The van der Waals surface area contributed by atoms with E-state index in [9.17, 15) is 4.79 Å². The molecule has 2 N–H and O–H groups in total. The number of hydrogen-bond acceptors (Lipinski definition) is 4. The van der Waals surface area contributed by atoms with E-state index < -0.39 is 0 Å². The zero-order valence-corrected chi connectivity index (χ0v) is 15.3. The highest BCUT2D eigenvalue weighted by molar-refractivity contribution is 5.78. The van der Waals surface area contributed by atoms with E-state index in [1.165, 1.54) is 0 Å². The lowest BCUT2D eigenvalue weighted by Crippen LogP contribution is -2.50. The first-order chi connectivity index (χ1) is 11.5. The van der Waals surface area contributed by atoms with Crippen molar-refractivity contribution in [1.29, 1.82) is 0 Å². The standard InChI is InChI=1S/C19H31N3O2/c1-15(2)17-6-5-16(3)13-18(17)24-14-19(23)22-11-9-21(10-12-22)8-4-7-20/h5-6,13,15H,4,7-12,14,20H2,1-3H3. The predicted molar refractivity (Wildman–Crippen MR) is 97.5 cm³/mol. The van der Waals surface area contributed by atoms with Gasteiger partial charge in [0, 0.05) is 26.2 Å². The Labute approximate surface area is 145 Å². The molecule has 5 nitrogen and oxygen atoms in total. The number of nitrogens with zero attached hydrogens (tertiary/aromatic N) is 2. The molecule has 0 atom stereocenters. The van der Waals surface area contributed by atoms with Crippen molar-refractivity contribution in [2.24, 2.45) is 5.73 Å². The molecule has 0 saturated carbocycles. The molecule has 1 aromatic rings. The Morgan fingerprint density at radius 2 is 1.96 bits per heavy atom. The van der Waals surface area contributed by atoms with E-state index in [0.717, 1.165) is 62.6 Å². The second-order valence-electron chi connectivity index (χ2n) is 6.85. The molecule has 0 spiro atoms. The highest BCUT2D eigenvalue weighted by Crippen LogP contribution is 2.27. The number of benzene rings is 1. The first kappa shape index (κ1) is 18.7. The molecule has 0 aromatic heterocycles. The van der Waals surface area contributed by atoms with E-state index in [2.05, 4.69) is 30.9 Å². The molecule has 0 bridgehead atoms. The fraction of sp³-hybridized carbons (Fsp3) is 0.632. The Bertz CT molecular complexity index is 537. The van der Waals surface area contributed by atoms with Crippen molar-refractivity contribution in [2.75, 3.05) is 45.9 Å². The lowest BCUT2D eigenvalue weighted by Gasteiger charge is -2.34. The van der Waals surface area contributed by atoms with E-state index in [-0.39, 0.29) is 12.5 Å². The molecular weight excluding hydrogens is 302 g/mol. The van der Waals surface area contributed by atoms with Gasteiger partial charge in [-0.3, -0.25) is 9.69 Å². The number of carbonyl (C=O) groups is 1. The smallest absolute Gasteiger partial charge is 0.260 e. The fourth-order valence-corrected chi connectivity index (χ4v) is 3.01. The summed E-state index contributed by atoms with van der Waals surface area (Å²) in [6.07, 6.45) is 1.02. The topological polar surface area (TPSA) is 58.8 Å². The van der Waals surface area contributed by atoms with Crippen molar-refractivity contribution in [3.63, 3.8) is 0 Å². The van der Waals surface area contributed by atoms with Gasteiger partial charge >= 0.3 is 0 Å². The molecule has 0 radical (unpaired) electrons. The molecule has 5 heteroatoms. The minimum Gasteiger partial charge on any atom is -0.483 e.